The Morgan fingerprint density at radius 1 is 1.46 bits per heavy atom. The van der Waals surface area contributed by atoms with Crippen molar-refractivity contribution in [2.45, 2.75) is 13.5 Å². The van der Waals surface area contributed by atoms with Crippen LogP contribution in [0.15, 0.2) is 34.9 Å². The fraction of sp³-hybridized carbons (Fsp3) is 0.438. The summed E-state index contributed by atoms with van der Waals surface area (Å²) in [6.45, 7) is 5.15. The highest BCUT2D eigenvalue weighted by molar-refractivity contribution is 7.09. The van der Waals surface area contributed by atoms with Gasteiger partial charge in [-0.25, -0.2) is 4.99 Å². The van der Waals surface area contributed by atoms with Gasteiger partial charge in [-0.2, -0.15) is 5.10 Å². The topological polar surface area (TPSA) is 65.8 Å². The number of thiophene rings is 1. The molecule has 0 bridgehead atoms. The lowest BCUT2D eigenvalue weighted by Gasteiger charge is -2.35. The van der Waals surface area contributed by atoms with E-state index in [0.29, 0.717) is 19.6 Å². The molecule has 1 saturated heterocycles. The Morgan fingerprint density at radius 2 is 2.33 bits per heavy atom. The van der Waals surface area contributed by atoms with E-state index < -0.39 is 0 Å². The molecule has 0 atom stereocenters. The Hall–Kier alpha value is -2.35. The Labute approximate surface area is 145 Å². The minimum Gasteiger partial charge on any atom is -0.356 e. The zero-order chi connectivity index (χ0) is 16.9. The molecule has 2 aromatic heterocycles. The van der Waals surface area contributed by atoms with E-state index in [2.05, 4.69) is 21.5 Å². The molecule has 128 valence electrons. The van der Waals surface area contributed by atoms with Gasteiger partial charge in [-0.15, -0.1) is 11.3 Å². The van der Waals surface area contributed by atoms with Crippen LogP contribution in [-0.4, -0.2) is 52.7 Å². The highest BCUT2D eigenvalue weighted by Crippen LogP contribution is 2.16. The number of nitrogens with one attached hydrogen (secondary N) is 1. The molecule has 7 nitrogen and oxygen atoms in total. The van der Waals surface area contributed by atoms with Crippen LogP contribution in [0.4, 0.5) is 5.69 Å². The largest absolute Gasteiger partial charge is 0.356 e. The Kier molecular flexibility index (Phi) is 5.14. The molecule has 1 amide bonds. The van der Waals surface area contributed by atoms with Crippen LogP contribution in [0.2, 0.25) is 0 Å². The minimum atomic E-state index is 0.0657. The summed E-state index contributed by atoms with van der Waals surface area (Å²) < 4.78 is 1.71. The van der Waals surface area contributed by atoms with Gasteiger partial charge >= 0.3 is 0 Å². The van der Waals surface area contributed by atoms with Crippen LogP contribution in [-0.2, 0) is 18.4 Å². The Bertz CT molecular complexity index is 708. The fourth-order valence-corrected chi connectivity index (χ4v) is 3.28. The van der Waals surface area contributed by atoms with Gasteiger partial charge in [0.1, 0.15) is 6.54 Å². The molecule has 1 N–H and O–H groups in total. The van der Waals surface area contributed by atoms with E-state index >= 15 is 0 Å². The molecular weight excluding hydrogens is 324 g/mol. The molecule has 0 unspecified atom stereocenters. The quantitative estimate of drug-likeness (QED) is 0.669. The van der Waals surface area contributed by atoms with Crippen molar-refractivity contribution >= 4 is 28.9 Å². The predicted molar refractivity (Wildman–Crippen MR) is 96.3 cm³/mol. The highest BCUT2D eigenvalue weighted by Gasteiger charge is 2.27. The summed E-state index contributed by atoms with van der Waals surface area (Å²) in [7, 11) is 1.85. The number of aliphatic imine (C=N–C) groups is 1. The van der Waals surface area contributed by atoms with Crippen LogP contribution < -0.4 is 10.2 Å². The third-order valence-corrected chi connectivity index (χ3v) is 4.68. The number of guanidine groups is 1. The van der Waals surface area contributed by atoms with Crippen molar-refractivity contribution in [3.05, 3.63) is 34.8 Å². The lowest BCUT2D eigenvalue weighted by Crippen LogP contribution is -2.55. The van der Waals surface area contributed by atoms with Crippen molar-refractivity contribution < 1.29 is 4.79 Å². The molecule has 0 spiro atoms. The second-order valence-electron chi connectivity index (χ2n) is 5.59. The van der Waals surface area contributed by atoms with Gasteiger partial charge in [0.25, 0.3) is 0 Å². The van der Waals surface area contributed by atoms with E-state index in [0.717, 1.165) is 24.7 Å². The van der Waals surface area contributed by atoms with Gasteiger partial charge in [0.15, 0.2) is 5.96 Å². The maximum absolute atomic E-state index is 12.5. The first-order chi connectivity index (χ1) is 11.7. The van der Waals surface area contributed by atoms with E-state index in [4.69, 9.17) is 0 Å². The summed E-state index contributed by atoms with van der Waals surface area (Å²) in [6.07, 6.45) is 3.59. The van der Waals surface area contributed by atoms with E-state index in [9.17, 15) is 4.79 Å². The van der Waals surface area contributed by atoms with Crippen LogP contribution in [0.5, 0.6) is 0 Å². The van der Waals surface area contributed by atoms with E-state index in [1.807, 2.05) is 36.5 Å². The number of aryl methyl sites for hydroxylation is 1. The second kappa shape index (κ2) is 7.48. The fourth-order valence-electron chi connectivity index (χ4n) is 2.66. The van der Waals surface area contributed by atoms with Crippen LogP contribution in [0.1, 0.15) is 11.8 Å². The molecule has 1 aliphatic rings. The Morgan fingerprint density at radius 3 is 2.96 bits per heavy atom. The molecule has 1 aliphatic heterocycles. The molecule has 0 radical (unpaired) electrons. The predicted octanol–water partition coefficient (Wildman–Crippen LogP) is 1.30. The molecule has 3 heterocycles. The van der Waals surface area contributed by atoms with Gasteiger partial charge in [-0.1, -0.05) is 6.07 Å². The lowest BCUT2D eigenvalue weighted by atomic mass is 10.3. The summed E-state index contributed by atoms with van der Waals surface area (Å²) in [5, 5.41) is 9.48. The van der Waals surface area contributed by atoms with Gasteiger partial charge in [0.2, 0.25) is 5.91 Å². The normalized spacial score (nSPS) is 15.9. The van der Waals surface area contributed by atoms with E-state index in [1.54, 1.807) is 27.1 Å². The number of carbonyl (C=O) groups excluding carboxylic acids is 1. The number of amides is 1. The number of piperazine rings is 1. The minimum absolute atomic E-state index is 0.0657. The van der Waals surface area contributed by atoms with Gasteiger partial charge in [0.05, 0.1) is 18.4 Å². The molecular formula is C16H22N6OS. The number of carbonyl (C=O) groups is 1. The molecule has 3 rings (SSSR count). The smallest absolute Gasteiger partial charge is 0.246 e. The van der Waals surface area contributed by atoms with Gasteiger partial charge < -0.3 is 15.1 Å². The number of hydrogen-bond acceptors (Lipinski definition) is 4. The number of hydrogen-bond donors (Lipinski definition) is 1. The van der Waals surface area contributed by atoms with Gasteiger partial charge in [-0.3, -0.25) is 9.48 Å². The molecule has 24 heavy (non-hydrogen) atoms. The SMILES string of the molecule is CCNC(=NCc1cccs1)N1CCN(c2cnn(C)c2)C(=O)C1. The van der Waals surface area contributed by atoms with E-state index in [1.165, 1.54) is 4.88 Å². The van der Waals surface area contributed by atoms with E-state index in [-0.39, 0.29) is 5.91 Å². The summed E-state index contributed by atoms with van der Waals surface area (Å²) in [5.74, 6) is 0.862. The van der Waals surface area contributed by atoms with Gasteiger partial charge in [0, 0.05) is 37.8 Å². The van der Waals surface area contributed by atoms with Crippen molar-refractivity contribution in [1.82, 2.24) is 20.0 Å². The van der Waals surface area contributed by atoms with Crippen LogP contribution >= 0.6 is 11.3 Å². The van der Waals surface area contributed by atoms with Crippen molar-refractivity contribution in [2.75, 3.05) is 31.1 Å². The van der Waals surface area contributed by atoms with Crippen LogP contribution in [0, 0.1) is 0 Å². The third kappa shape index (κ3) is 3.76. The second-order valence-corrected chi connectivity index (χ2v) is 6.62. The van der Waals surface area contributed by atoms with Crippen LogP contribution in [0.25, 0.3) is 0 Å². The lowest BCUT2D eigenvalue weighted by molar-refractivity contribution is -0.120. The van der Waals surface area contributed by atoms with Crippen LogP contribution in [0.3, 0.4) is 0 Å². The van der Waals surface area contributed by atoms with Crippen molar-refractivity contribution in [3.63, 3.8) is 0 Å². The highest BCUT2D eigenvalue weighted by atomic mass is 32.1. The Balaban J connectivity index is 1.67. The standard InChI is InChI=1S/C16H22N6OS/c1-3-17-16(18-10-14-5-4-8-24-14)21-6-7-22(15(23)12-21)13-9-19-20(2)11-13/h4-5,8-9,11H,3,6-7,10,12H2,1-2H3,(H,17,18). The zero-order valence-corrected chi connectivity index (χ0v) is 14.8. The first-order valence-corrected chi connectivity index (χ1v) is 8.90. The molecule has 0 aliphatic carbocycles. The van der Waals surface area contributed by atoms with Crippen molar-refractivity contribution in [1.29, 1.82) is 0 Å². The average molecular weight is 346 g/mol. The van der Waals surface area contributed by atoms with Crippen molar-refractivity contribution in [2.24, 2.45) is 12.0 Å². The molecule has 1 fully saturated rings. The maximum Gasteiger partial charge on any atom is 0.246 e. The first kappa shape index (κ1) is 16.5. The zero-order valence-electron chi connectivity index (χ0n) is 14.0. The maximum atomic E-state index is 12.5. The summed E-state index contributed by atoms with van der Waals surface area (Å²) >= 11 is 1.69. The molecule has 0 aromatic carbocycles. The average Bonchev–Trinajstić information content (AvgIpc) is 3.23. The third-order valence-electron chi connectivity index (χ3n) is 3.82. The summed E-state index contributed by atoms with van der Waals surface area (Å²) in [5.41, 5.74) is 0.850. The monoisotopic (exact) mass is 346 g/mol. The van der Waals surface area contributed by atoms with Crippen molar-refractivity contribution in [3.8, 4) is 0 Å². The summed E-state index contributed by atoms with van der Waals surface area (Å²) in [6, 6.07) is 4.10. The molecule has 8 heteroatoms. The number of nitrogens with zero attached hydrogens (tertiary/aromatic N) is 5. The summed E-state index contributed by atoms with van der Waals surface area (Å²) in [4.78, 5) is 22.2. The molecule has 0 saturated carbocycles. The molecule has 2 aromatic rings. The number of aromatic nitrogens is 2. The number of anilines is 1. The number of rotatable bonds is 4. The first-order valence-electron chi connectivity index (χ1n) is 8.02. The van der Waals surface area contributed by atoms with Gasteiger partial charge in [-0.05, 0) is 18.4 Å².